The summed E-state index contributed by atoms with van der Waals surface area (Å²) in [6, 6.07) is 0. The molecule has 16 heavy (non-hydrogen) atoms. The Morgan fingerprint density at radius 2 is 1.19 bits per heavy atom. The third-order valence-corrected chi connectivity index (χ3v) is 1.86. The average molecular weight is 226 g/mol. The zero-order valence-corrected chi connectivity index (χ0v) is 9.77. The van der Waals surface area contributed by atoms with Crippen molar-refractivity contribution in [1.29, 1.82) is 0 Å². The van der Waals surface area contributed by atoms with E-state index in [1.54, 1.807) is 12.2 Å². The first-order valence-electron chi connectivity index (χ1n) is 5.14. The molecular formula is C12H18O4. The molecule has 4 nitrogen and oxygen atoms in total. The number of unbranched alkanes of at least 4 members (excludes halogenated alkanes) is 1. The van der Waals surface area contributed by atoms with Gasteiger partial charge in [-0.15, -0.1) is 0 Å². The number of ether oxygens (including phenoxy) is 2. The molecule has 0 saturated heterocycles. The molecule has 0 N–H and O–H groups in total. The molecule has 90 valence electrons. The summed E-state index contributed by atoms with van der Waals surface area (Å²) in [5.41, 5.74) is 0. The normalized spacial score (nSPS) is 10.9. The summed E-state index contributed by atoms with van der Waals surface area (Å²) in [7, 11) is 2.73. The number of hydrogen-bond acceptors (Lipinski definition) is 4. The van der Waals surface area contributed by atoms with E-state index in [0.717, 1.165) is 12.8 Å². The van der Waals surface area contributed by atoms with Crippen LogP contribution >= 0.6 is 0 Å². The van der Waals surface area contributed by atoms with Crippen LogP contribution in [0.25, 0.3) is 0 Å². The smallest absolute Gasteiger partial charge is 0.309 e. The monoisotopic (exact) mass is 226 g/mol. The van der Waals surface area contributed by atoms with Crippen LogP contribution in [0.5, 0.6) is 0 Å². The Morgan fingerprint density at radius 1 is 0.812 bits per heavy atom. The molecule has 0 spiro atoms. The molecule has 0 amide bonds. The highest BCUT2D eigenvalue weighted by Gasteiger charge is 1.93. The van der Waals surface area contributed by atoms with Gasteiger partial charge >= 0.3 is 11.9 Å². The van der Waals surface area contributed by atoms with Gasteiger partial charge in [0, 0.05) is 0 Å². The second kappa shape index (κ2) is 9.96. The van der Waals surface area contributed by atoms with Gasteiger partial charge < -0.3 is 9.47 Å². The van der Waals surface area contributed by atoms with Crippen LogP contribution in [0.1, 0.15) is 25.7 Å². The Bertz CT molecular complexity index is 238. The maximum absolute atomic E-state index is 10.7. The zero-order valence-electron chi connectivity index (χ0n) is 9.77. The predicted molar refractivity (Wildman–Crippen MR) is 60.8 cm³/mol. The van der Waals surface area contributed by atoms with Gasteiger partial charge in [-0.2, -0.15) is 0 Å². The molecule has 0 aliphatic carbocycles. The maximum atomic E-state index is 10.7. The lowest BCUT2D eigenvalue weighted by atomic mass is 10.2. The summed E-state index contributed by atoms with van der Waals surface area (Å²) in [5, 5.41) is 0. The number of hydrogen-bond donors (Lipinski definition) is 0. The van der Waals surface area contributed by atoms with Crippen molar-refractivity contribution in [1.82, 2.24) is 0 Å². The molecule has 0 aromatic rings. The summed E-state index contributed by atoms with van der Waals surface area (Å²) in [6.07, 6.45) is 9.69. The van der Waals surface area contributed by atoms with Gasteiger partial charge in [-0.3, -0.25) is 9.59 Å². The lowest BCUT2D eigenvalue weighted by molar-refractivity contribution is -0.140. The SMILES string of the molecule is COC(=O)C/C=C/CC/C=C/CC(=O)OC. The fraction of sp³-hybridized carbons (Fsp3) is 0.500. The molecule has 0 aromatic heterocycles. The van der Waals surface area contributed by atoms with E-state index < -0.39 is 0 Å². The molecule has 4 heteroatoms. The van der Waals surface area contributed by atoms with Crippen LogP contribution in [0.4, 0.5) is 0 Å². The van der Waals surface area contributed by atoms with Gasteiger partial charge in [0.05, 0.1) is 27.1 Å². The van der Waals surface area contributed by atoms with Crippen LogP contribution in [-0.4, -0.2) is 26.2 Å². The Hall–Kier alpha value is -1.58. The number of methoxy groups -OCH3 is 2. The molecule has 0 saturated carbocycles. The van der Waals surface area contributed by atoms with Crippen LogP contribution in [0.3, 0.4) is 0 Å². The molecule has 0 fully saturated rings. The molecule has 0 unspecified atom stereocenters. The van der Waals surface area contributed by atoms with E-state index in [9.17, 15) is 9.59 Å². The lowest BCUT2D eigenvalue weighted by Gasteiger charge is -1.92. The van der Waals surface area contributed by atoms with Gasteiger partial charge in [0.25, 0.3) is 0 Å². The quantitative estimate of drug-likeness (QED) is 0.378. The fourth-order valence-electron chi connectivity index (χ4n) is 0.954. The van der Waals surface area contributed by atoms with Crippen molar-refractivity contribution in [2.75, 3.05) is 14.2 Å². The van der Waals surface area contributed by atoms with Gasteiger partial charge in [0.15, 0.2) is 0 Å². The third kappa shape index (κ3) is 8.99. The minimum absolute atomic E-state index is 0.238. The van der Waals surface area contributed by atoms with Crippen molar-refractivity contribution in [3.05, 3.63) is 24.3 Å². The first-order chi connectivity index (χ1) is 7.70. The largest absolute Gasteiger partial charge is 0.469 e. The van der Waals surface area contributed by atoms with Crippen molar-refractivity contribution >= 4 is 11.9 Å². The van der Waals surface area contributed by atoms with E-state index in [2.05, 4.69) is 9.47 Å². The van der Waals surface area contributed by atoms with E-state index in [4.69, 9.17) is 0 Å². The summed E-state index contributed by atoms with van der Waals surface area (Å²) < 4.78 is 8.96. The minimum atomic E-state index is -0.238. The number of carbonyl (C=O) groups excluding carboxylic acids is 2. The molecule has 0 rings (SSSR count). The number of allylic oxidation sites excluding steroid dienone is 2. The zero-order chi connectivity index (χ0) is 12.2. The Labute approximate surface area is 95.9 Å². The first kappa shape index (κ1) is 14.4. The second-order valence-corrected chi connectivity index (χ2v) is 3.08. The van der Waals surface area contributed by atoms with Crippen molar-refractivity contribution < 1.29 is 19.1 Å². The highest BCUT2D eigenvalue weighted by molar-refractivity contribution is 5.71. The minimum Gasteiger partial charge on any atom is -0.469 e. The van der Waals surface area contributed by atoms with E-state index in [0.29, 0.717) is 12.8 Å². The van der Waals surface area contributed by atoms with Crippen LogP contribution in [-0.2, 0) is 19.1 Å². The third-order valence-electron chi connectivity index (χ3n) is 1.86. The topological polar surface area (TPSA) is 52.6 Å². The summed E-state index contributed by atoms with van der Waals surface area (Å²) >= 11 is 0. The fourth-order valence-corrected chi connectivity index (χ4v) is 0.954. The Kier molecular flexibility index (Phi) is 8.97. The van der Waals surface area contributed by atoms with Gasteiger partial charge in [-0.05, 0) is 12.8 Å². The molecule has 0 aliphatic rings. The van der Waals surface area contributed by atoms with Crippen LogP contribution < -0.4 is 0 Å². The molecular weight excluding hydrogens is 208 g/mol. The van der Waals surface area contributed by atoms with Crippen LogP contribution in [0.15, 0.2) is 24.3 Å². The number of esters is 2. The molecule has 0 atom stereocenters. The predicted octanol–water partition coefficient (Wildman–Crippen LogP) is 2.01. The molecule has 0 radical (unpaired) electrons. The number of carbonyl (C=O) groups is 2. The Balaban J connectivity index is 3.45. The van der Waals surface area contributed by atoms with Crippen molar-refractivity contribution in [2.45, 2.75) is 25.7 Å². The van der Waals surface area contributed by atoms with Crippen molar-refractivity contribution in [3.8, 4) is 0 Å². The lowest BCUT2D eigenvalue weighted by Crippen LogP contribution is -1.96. The molecule has 0 aliphatic heterocycles. The van der Waals surface area contributed by atoms with E-state index in [1.165, 1.54) is 14.2 Å². The first-order valence-corrected chi connectivity index (χ1v) is 5.14. The second-order valence-electron chi connectivity index (χ2n) is 3.08. The highest BCUT2D eigenvalue weighted by Crippen LogP contribution is 1.97. The van der Waals surface area contributed by atoms with Gasteiger partial charge in [-0.1, -0.05) is 24.3 Å². The van der Waals surface area contributed by atoms with Crippen molar-refractivity contribution in [3.63, 3.8) is 0 Å². The Morgan fingerprint density at radius 3 is 1.50 bits per heavy atom. The highest BCUT2D eigenvalue weighted by atomic mass is 16.5. The van der Waals surface area contributed by atoms with Gasteiger partial charge in [-0.25, -0.2) is 0 Å². The molecule has 0 aromatic carbocycles. The van der Waals surface area contributed by atoms with Crippen LogP contribution in [0.2, 0.25) is 0 Å². The van der Waals surface area contributed by atoms with Crippen LogP contribution in [0, 0.1) is 0 Å². The average Bonchev–Trinajstić information content (AvgIpc) is 2.31. The summed E-state index contributed by atoms with van der Waals surface area (Å²) in [6.45, 7) is 0. The summed E-state index contributed by atoms with van der Waals surface area (Å²) in [5.74, 6) is -0.477. The van der Waals surface area contributed by atoms with Crippen molar-refractivity contribution in [2.24, 2.45) is 0 Å². The maximum Gasteiger partial charge on any atom is 0.309 e. The van der Waals surface area contributed by atoms with E-state index in [1.807, 2.05) is 12.2 Å². The van der Waals surface area contributed by atoms with E-state index >= 15 is 0 Å². The standard InChI is InChI=1S/C12H18O4/c1-15-11(13)9-7-5-3-4-6-8-10-12(14)16-2/h5-8H,3-4,9-10H2,1-2H3/b7-5+,8-6+. The molecule has 0 bridgehead atoms. The van der Waals surface area contributed by atoms with Gasteiger partial charge in [0.2, 0.25) is 0 Å². The molecule has 0 heterocycles. The number of rotatable bonds is 7. The van der Waals surface area contributed by atoms with E-state index in [-0.39, 0.29) is 11.9 Å². The summed E-state index contributed by atoms with van der Waals surface area (Å²) in [4.78, 5) is 21.4. The van der Waals surface area contributed by atoms with Gasteiger partial charge in [0.1, 0.15) is 0 Å².